The van der Waals surface area contributed by atoms with E-state index in [1.807, 2.05) is 0 Å². The second kappa shape index (κ2) is 5.69. The zero-order valence-electron chi connectivity index (χ0n) is 10.1. The van der Waals surface area contributed by atoms with Crippen LogP contribution in [0.3, 0.4) is 0 Å². The average molecular weight is 318 g/mol. The number of aldehydes is 1. The Labute approximate surface area is 111 Å². The summed E-state index contributed by atoms with van der Waals surface area (Å²) in [7, 11) is -0.750. The van der Waals surface area contributed by atoms with Crippen LogP contribution in [-0.2, 0) is 0 Å². The van der Waals surface area contributed by atoms with Crippen molar-refractivity contribution in [3.63, 3.8) is 0 Å². The highest BCUT2D eigenvalue weighted by Gasteiger charge is 2.10. The van der Waals surface area contributed by atoms with Crippen molar-refractivity contribution >= 4 is 38.2 Å². The third kappa shape index (κ3) is 4.52. The molecule has 0 aliphatic rings. The Balaban J connectivity index is 2.77. The summed E-state index contributed by atoms with van der Waals surface area (Å²) in [5.74, 6) is 0.587. The Morgan fingerprint density at radius 3 is 2.53 bits per heavy atom. The molecule has 5 heteroatoms. The number of carbonyl (C=O) groups is 2. The summed E-state index contributed by atoms with van der Waals surface area (Å²) in [6.07, 6.45) is 7.17. The molecule has 0 aliphatic heterocycles. The molecule has 0 saturated heterocycles. The van der Waals surface area contributed by atoms with Gasteiger partial charge in [0.15, 0.2) is 6.29 Å². The van der Waals surface area contributed by atoms with Gasteiger partial charge in [-0.25, -0.2) is 10.0 Å². The summed E-state index contributed by atoms with van der Waals surface area (Å²) in [5.41, 5.74) is 1.11. The molecule has 0 aliphatic carbocycles. The fourth-order valence-electron chi connectivity index (χ4n) is 1.15. The van der Waals surface area contributed by atoms with Gasteiger partial charge in [0.2, 0.25) is 0 Å². The fourth-order valence-corrected chi connectivity index (χ4v) is 2.18. The van der Waals surface area contributed by atoms with Gasteiger partial charge in [-0.05, 0) is 37.0 Å². The Morgan fingerprint density at radius 2 is 2.06 bits per heavy atom. The van der Waals surface area contributed by atoms with Crippen molar-refractivity contribution in [1.82, 2.24) is 5.32 Å². The maximum atomic E-state index is 11.8. The second-order valence-electron chi connectivity index (χ2n) is 4.60. The van der Waals surface area contributed by atoms with Crippen LogP contribution in [-0.4, -0.2) is 36.8 Å². The number of halogens is 1. The lowest BCUT2D eigenvalue weighted by molar-refractivity contribution is 0.0959. The van der Waals surface area contributed by atoms with Gasteiger partial charge in [0.1, 0.15) is 0 Å². The van der Waals surface area contributed by atoms with Gasteiger partial charge in [0.25, 0.3) is 5.91 Å². The van der Waals surface area contributed by atoms with Crippen LogP contribution in [0.2, 0.25) is 0 Å². The molecule has 0 spiro atoms. The Hall–Kier alpha value is -0.810. The molecule has 1 amide bonds. The van der Waals surface area contributed by atoms with Crippen molar-refractivity contribution in [3.05, 3.63) is 33.8 Å². The Kier molecular flexibility index (Phi) is 4.77. The molecule has 1 rings (SSSR count). The van der Waals surface area contributed by atoms with Gasteiger partial charge in [-0.3, -0.25) is 9.59 Å². The predicted octanol–water partition coefficient (Wildman–Crippen LogP) is 2.64. The van der Waals surface area contributed by atoms with Crippen LogP contribution in [0.25, 0.3) is 0 Å². The number of rotatable bonds is 4. The topological polar surface area (TPSA) is 46.2 Å². The quantitative estimate of drug-likeness (QED) is 0.868. The summed E-state index contributed by atoms with van der Waals surface area (Å²) in [4.78, 5) is 22.5. The Bertz CT molecular complexity index is 441. The first kappa shape index (κ1) is 14.3. The predicted molar refractivity (Wildman–Crippen MR) is 77.2 cm³/mol. The molecule has 0 fully saturated rings. The van der Waals surface area contributed by atoms with Crippen LogP contribution < -0.4 is 5.32 Å². The number of carbonyl (C=O) groups excluding carboxylic acids is 2. The van der Waals surface area contributed by atoms with Crippen LogP contribution >= 0.6 is 26.0 Å². The van der Waals surface area contributed by atoms with Gasteiger partial charge in [0, 0.05) is 21.5 Å². The van der Waals surface area contributed by atoms with Crippen LogP contribution in [0.1, 0.15) is 20.7 Å². The number of hydrogen-bond donors (Lipinski definition) is 1. The molecule has 0 unspecified atom stereocenters. The third-order valence-electron chi connectivity index (χ3n) is 2.06. The first-order chi connectivity index (χ1) is 7.83. The van der Waals surface area contributed by atoms with E-state index in [0.717, 1.165) is 6.29 Å². The highest BCUT2D eigenvalue weighted by atomic mass is 79.9. The van der Waals surface area contributed by atoms with Crippen LogP contribution in [0.15, 0.2) is 22.7 Å². The van der Waals surface area contributed by atoms with Gasteiger partial charge >= 0.3 is 0 Å². The van der Waals surface area contributed by atoms with Crippen molar-refractivity contribution in [2.75, 3.05) is 24.6 Å². The van der Waals surface area contributed by atoms with Gasteiger partial charge in [-0.2, -0.15) is 0 Å². The van der Waals surface area contributed by atoms with E-state index in [1.54, 1.807) is 18.2 Å². The van der Waals surface area contributed by atoms with E-state index in [-0.39, 0.29) is 5.91 Å². The van der Waals surface area contributed by atoms with E-state index in [4.69, 9.17) is 0 Å². The lowest BCUT2D eigenvalue weighted by Gasteiger charge is -2.25. The average Bonchev–Trinajstić information content (AvgIpc) is 2.24. The molecule has 1 N–H and O–H groups in total. The smallest absolute Gasteiger partial charge is 0.251 e. The second-order valence-corrected chi connectivity index (χ2v) is 9.92. The molecular weight excluding hydrogens is 302 g/mol. The summed E-state index contributed by atoms with van der Waals surface area (Å²) in [6.45, 7) is 0. The van der Waals surface area contributed by atoms with E-state index in [0.29, 0.717) is 21.5 Å². The normalized spacial score (nSPS) is 12.0. The van der Waals surface area contributed by atoms with Crippen LogP contribution in [0.4, 0.5) is 0 Å². The van der Waals surface area contributed by atoms with Gasteiger partial charge in [0.05, 0.1) is 0 Å². The zero-order valence-corrected chi connectivity index (χ0v) is 12.5. The molecule has 0 radical (unpaired) electrons. The molecule has 17 heavy (non-hydrogen) atoms. The van der Waals surface area contributed by atoms with E-state index < -0.39 is 10.0 Å². The van der Waals surface area contributed by atoms with Gasteiger partial charge in [-0.1, -0.05) is 15.9 Å². The van der Waals surface area contributed by atoms with E-state index >= 15 is 0 Å². The monoisotopic (exact) mass is 317 g/mol. The number of amides is 1. The van der Waals surface area contributed by atoms with Crippen molar-refractivity contribution in [2.24, 2.45) is 0 Å². The summed E-state index contributed by atoms with van der Waals surface area (Å²) < 4.78 is 0.642. The molecule has 3 nitrogen and oxygen atoms in total. The minimum atomic E-state index is -0.750. The van der Waals surface area contributed by atoms with Gasteiger partial charge < -0.3 is 5.32 Å². The number of benzene rings is 1. The molecule has 0 heterocycles. The summed E-state index contributed by atoms with van der Waals surface area (Å²) >= 11 is 3.26. The standard InChI is InChI=1S/C12H16BrNO2S/c1-17(2,3)8-14-12(16)9-4-5-10(7-15)11(13)6-9/h4-7H,8H2,1-3H3,(H,14,16). The maximum Gasteiger partial charge on any atom is 0.251 e. The van der Waals surface area contributed by atoms with E-state index in [1.165, 1.54) is 0 Å². The third-order valence-corrected chi connectivity index (χ3v) is 3.75. The Morgan fingerprint density at radius 1 is 1.41 bits per heavy atom. The largest absolute Gasteiger partial charge is 0.344 e. The van der Waals surface area contributed by atoms with E-state index in [9.17, 15) is 9.59 Å². The highest BCUT2D eigenvalue weighted by Crippen LogP contribution is 2.32. The molecule has 94 valence electrons. The summed E-state index contributed by atoms with van der Waals surface area (Å²) in [5, 5.41) is 2.89. The highest BCUT2D eigenvalue weighted by molar-refractivity contribution is 9.10. The molecule has 1 aromatic carbocycles. The number of nitrogens with one attached hydrogen (secondary N) is 1. The van der Waals surface area contributed by atoms with Crippen molar-refractivity contribution in [2.45, 2.75) is 0 Å². The minimum absolute atomic E-state index is 0.106. The molecule has 0 saturated carbocycles. The first-order valence-electron chi connectivity index (χ1n) is 5.02. The van der Waals surface area contributed by atoms with Crippen molar-refractivity contribution in [1.29, 1.82) is 0 Å². The van der Waals surface area contributed by atoms with Crippen molar-refractivity contribution in [3.8, 4) is 0 Å². The maximum absolute atomic E-state index is 11.8. The first-order valence-corrected chi connectivity index (χ1v) is 8.84. The molecule has 0 bridgehead atoms. The molecular formula is C12H16BrNO2S. The lowest BCUT2D eigenvalue weighted by atomic mass is 10.1. The SMILES string of the molecule is CS(C)(C)CNC(=O)c1ccc(C=O)c(Br)c1. The van der Waals surface area contributed by atoms with Gasteiger partial charge in [-0.15, -0.1) is 0 Å². The number of hydrogen-bond acceptors (Lipinski definition) is 2. The van der Waals surface area contributed by atoms with Crippen molar-refractivity contribution < 1.29 is 9.59 Å². The van der Waals surface area contributed by atoms with Crippen LogP contribution in [0.5, 0.6) is 0 Å². The molecule has 1 aromatic rings. The minimum Gasteiger partial charge on any atom is -0.344 e. The molecule has 0 atom stereocenters. The molecule has 0 aromatic heterocycles. The van der Waals surface area contributed by atoms with E-state index in [2.05, 4.69) is 40.0 Å². The summed E-state index contributed by atoms with van der Waals surface area (Å²) in [6, 6.07) is 4.95. The lowest BCUT2D eigenvalue weighted by Crippen LogP contribution is -2.27. The zero-order chi connectivity index (χ0) is 13.1. The fraction of sp³-hybridized carbons (Fsp3) is 0.333. The van der Waals surface area contributed by atoms with Crippen LogP contribution in [0, 0.1) is 0 Å².